The number of rotatable bonds is 4. The van der Waals surface area contributed by atoms with Gasteiger partial charge >= 0.3 is 0 Å². The summed E-state index contributed by atoms with van der Waals surface area (Å²) < 4.78 is 11.0. The Morgan fingerprint density at radius 3 is 2.61 bits per heavy atom. The van der Waals surface area contributed by atoms with Gasteiger partial charge in [-0.1, -0.05) is 17.7 Å². The van der Waals surface area contributed by atoms with Gasteiger partial charge in [-0.2, -0.15) is 0 Å². The van der Waals surface area contributed by atoms with Crippen molar-refractivity contribution in [2.75, 3.05) is 30.4 Å². The van der Waals surface area contributed by atoms with E-state index < -0.39 is 0 Å². The second-order valence-electron chi connectivity index (χ2n) is 5.58. The van der Waals surface area contributed by atoms with E-state index in [1.165, 1.54) is 5.56 Å². The van der Waals surface area contributed by atoms with Gasteiger partial charge in [0.1, 0.15) is 13.2 Å². The molecule has 3 rings (SSSR count). The van der Waals surface area contributed by atoms with Crippen molar-refractivity contribution in [3.05, 3.63) is 47.5 Å². The first-order valence-electron chi connectivity index (χ1n) is 7.62. The third-order valence-electron chi connectivity index (χ3n) is 3.65. The second kappa shape index (κ2) is 6.60. The van der Waals surface area contributed by atoms with Crippen LogP contribution in [0.2, 0.25) is 0 Å². The van der Waals surface area contributed by atoms with Crippen LogP contribution in [0.1, 0.15) is 11.1 Å². The van der Waals surface area contributed by atoms with Gasteiger partial charge in [0, 0.05) is 17.4 Å². The summed E-state index contributed by atoms with van der Waals surface area (Å²) in [5.74, 6) is 1.26. The molecule has 0 spiro atoms. The first-order chi connectivity index (χ1) is 11.1. The van der Waals surface area contributed by atoms with Crippen molar-refractivity contribution in [3.8, 4) is 11.5 Å². The number of carbonyl (C=O) groups is 1. The summed E-state index contributed by atoms with van der Waals surface area (Å²) >= 11 is 0. The zero-order chi connectivity index (χ0) is 16.2. The van der Waals surface area contributed by atoms with Gasteiger partial charge < -0.3 is 20.1 Å². The van der Waals surface area contributed by atoms with E-state index in [4.69, 9.17) is 9.47 Å². The number of nitrogens with one attached hydrogen (secondary N) is 2. The molecule has 120 valence electrons. The van der Waals surface area contributed by atoms with Gasteiger partial charge in [-0.25, -0.2) is 0 Å². The molecule has 0 unspecified atom stereocenters. The average molecular weight is 312 g/mol. The SMILES string of the molecule is Cc1ccc(NCC(=O)Nc2ccc3c(c2)OCCO3)c(C)c1. The first-order valence-corrected chi connectivity index (χ1v) is 7.62. The minimum absolute atomic E-state index is 0.110. The molecule has 0 aromatic heterocycles. The van der Waals surface area contributed by atoms with Crippen LogP contribution in [0.3, 0.4) is 0 Å². The van der Waals surface area contributed by atoms with E-state index >= 15 is 0 Å². The van der Waals surface area contributed by atoms with Crippen LogP contribution in [0.5, 0.6) is 11.5 Å². The van der Waals surface area contributed by atoms with Crippen molar-refractivity contribution in [1.82, 2.24) is 0 Å². The Balaban J connectivity index is 1.59. The van der Waals surface area contributed by atoms with Crippen LogP contribution in [0, 0.1) is 13.8 Å². The molecular weight excluding hydrogens is 292 g/mol. The van der Waals surface area contributed by atoms with Gasteiger partial charge in [0.05, 0.1) is 6.54 Å². The zero-order valence-electron chi connectivity index (χ0n) is 13.3. The van der Waals surface area contributed by atoms with Crippen molar-refractivity contribution in [2.45, 2.75) is 13.8 Å². The highest BCUT2D eigenvalue weighted by Gasteiger charge is 2.12. The minimum Gasteiger partial charge on any atom is -0.486 e. The molecule has 0 atom stereocenters. The van der Waals surface area contributed by atoms with Gasteiger partial charge in [0.2, 0.25) is 5.91 Å². The standard InChI is InChI=1S/C18H20N2O3/c1-12-3-5-15(13(2)9-12)19-11-18(21)20-14-4-6-16-17(10-14)23-8-7-22-16/h3-6,9-10,19H,7-8,11H2,1-2H3,(H,20,21). The fraction of sp³-hybridized carbons (Fsp3) is 0.278. The van der Waals surface area contributed by atoms with Gasteiger partial charge in [0.15, 0.2) is 11.5 Å². The first kappa shape index (κ1) is 15.2. The number of fused-ring (bicyclic) bond motifs is 1. The lowest BCUT2D eigenvalue weighted by atomic mass is 10.1. The van der Waals surface area contributed by atoms with Crippen LogP contribution in [0.15, 0.2) is 36.4 Å². The Hall–Kier alpha value is -2.69. The fourth-order valence-electron chi connectivity index (χ4n) is 2.51. The molecule has 2 aromatic rings. The van der Waals surface area contributed by atoms with Crippen molar-refractivity contribution in [2.24, 2.45) is 0 Å². The Labute approximate surface area is 135 Å². The maximum atomic E-state index is 12.1. The maximum Gasteiger partial charge on any atom is 0.243 e. The van der Waals surface area contributed by atoms with Crippen LogP contribution in [0.4, 0.5) is 11.4 Å². The topological polar surface area (TPSA) is 59.6 Å². The molecule has 1 heterocycles. The highest BCUT2D eigenvalue weighted by molar-refractivity contribution is 5.94. The second-order valence-corrected chi connectivity index (χ2v) is 5.58. The number of hydrogen-bond donors (Lipinski definition) is 2. The summed E-state index contributed by atoms with van der Waals surface area (Å²) in [7, 11) is 0. The van der Waals surface area contributed by atoms with E-state index in [1.807, 2.05) is 38.1 Å². The highest BCUT2D eigenvalue weighted by atomic mass is 16.6. The van der Waals surface area contributed by atoms with Gasteiger partial charge in [-0.3, -0.25) is 4.79 Å². The smallest absolute Gasteiger partial charge is 0.243 e. The summed E-state index contributed by atoms with van der Waals surface area (Å²) in [6.45, 7) is 5.36. The lowest BCUT2D eigenvalue weighted by Gasteiger charge is -2.19. The average Bonchev–Trinajstić information content (AvgIpc) is 2.54. The lowest BCUT2D eigenvalue weighted by molar-refractivity contribution is -0.114. The Morgan fingerprint density at radius 1 is 1.04 bits per heavy atom. The Bertz CT molecular complexity index is 728. The third kappa shape index (κ3) is 3.74. The molecule has 1 aliphatic heterocycles. The molecule has 5 nitrogen and oxygen atoms in total. The van der Waals surface area contributed by atoms with Crippen LogP contribution in [0.25, 0.3) is 0 Å². The van der Waals surface area contributed by atoms with E-state index in [9.17, 15) is 4.79 Å². The summed E-state index contributed by atoms with van der Waals surface area (Å²) in [6.07, 6.45) is 0. The predicted molar refractivity (Wildman–Crippen MR) is 90.5 cm³/mol. The van der Waals surface area contributed by atoms with Crippen LogP contribution < -0.4 is 20.1 Å². The number of aryl methyl sites for hydroxylation is 2. The molecule has 1 aliphatic rings. The number of benzene rings is 2. The van der Waals surface area contributed by atoms with Crippen LogP contribution >= 0.6 is 0 Å². The third-order valence-corrected chi connectivity index (χ3v) is 3.65. The van der Waals surface area contributed by atoms with Gasteiger partial charge in [0.25, 0.3) is 0 Å². The quantitative estimate of drug-likeness (QED) is 0.910. The highest BCUT2D eigenvalue weighted by Crippen LogP contribution is 2.32. The normalized spacial score (nSPS) is 12.6. The lowest BCUT2D eigenvalue weighted by Crippen LogP contribution is -2.22. The predicted octanol–water partition coefficient (Wildman–Crippen LogP) is 3.13. The van der Waals surface area contributed by atoms with E-state index in [0.29, 0.717) is 30.4 Å². The van der Waals surface area contributed by atoms with Crippen molar-refractivity contribution < 1.29 is 14.3 Å². The molecular formula is C18H20N2O3. The number of amides is 1. The number of ether oxygens (including phenoxy) is 2. The molecule has 23 heavy (non-hydrogen) atoms. The zero-order valence-corrected chi connectivity index (χ0v) is 13.3. The maximum absolute atomic E-state index is 12.1. The fourth-order valence-corrected chi connectivity index (χ4v) is 2.51. The largest absolute Gasteiger partial charge is 0.486 e. The summed E-state index contributed by atoms with van der Waals surface area (Å²) in [6, 6.07) is 11.5. The molecule has 0 bridgehead atoms. The van der Waals surface area contributed by atoms with E-state index in [2.05, 4.69) is 16.7 Å². The van der Waals surface area contributed by atoms with Crippen LogP contribution in [-0.2, 0) is 4.79 Å². The van der Waals surface area contributed by atoms with Crippen molar-refractivity contribution in [1.29, 1.82) is 0 Å². The molecule has 1 amide bonds. The molecule has 0 aliphatic carbocycles. The summed E-state index contributed by atoms with van der Waals surface area (Å²) in [5.41, 5.74) is 3.99. The molecule has 0 fully saturated rings. The minimum atomic E-state index is -0.110. The number of anilines is 2. The number of hydrogen-bond acceptors (Lipinski definition) is 4. The monoisotopic (exact) mass is 312 g/mol. The Kier molecular flexibility index (Phi) is 4.37. The van der Waals surface area contributed by atoms with Crippen molar-refractivity contribution in [3.63, 3.8) is 0 Å². The summed E-state index contributed by atoms with van der Waals surface area (Å²) in [4.78, 5) is 12.1. The van der Waals surface area contributed by atoms with E-state index in [0.717, 1.165) is 11.3 Å². The molecule has 0 radical (unpaired) electrons. The summed E-state index contributed by atoms with van der Waals surface area (Å²) in [5, 5.41) is 6.01. The van der Waals surface area contributed by atoms with Gasteiger partial charge in [-0.05, 0) is 37.6 Å². The van der Waals surface area contributed by atoms with Gasteiger partial charge in [-0.15, -0.1) is 0 Å². The molecule has 5 heteroatoms. The van der Waals surface area contributed by atoms with E-state index in [-0.39, 0.29) is 12.5 Å². The molecule has 0 saturated heterocycles. The molecule has 2 aromatic carbocycles. The molecule has 0 saturated carbocycles. The van der Waals surface area contributed by atoms with Crippen LogP contribution in [-0.4, -0.2) is 25.7 Å². The molecule has 2 N–H and O–H groups in total. The Morgan fingerprint density at radius 2 is 1.83 bits per heavy atom. The number of carbonyl (C=O) groups excluding carboxylic acids is 1. The van der Waals surface area contributed by atoms with E-state index in [1.54, 1.807) is 6.07 Å². The van der Waals surface area contributed by atoms with Crippen molar-refractivity contribution >= 4 is 17.3 Å².